The normalized spacial score (nSPS) is 16.0. The van der Waals surface area contributed by atoms with Crippen LogP contribution in [0.2, 0.25) is 0 Å². The number of carbonyl (C=O) groups is 2. The monoisotopic (exact) mass is 521 g/mol. The molecule has 0 aromatic heterocycles. The molecule has 2 aromatic rings. The summed E-state index contributed by atoms with van der Waals surface area (Å²) in [6.07, 6.45) is 2.68. The molecule has 3 rings (SSSR count). The molecule has 1 amide bonds. The third kappa shape index (κ3) is 6.11. The van der Waals surface area contributed by atoms with E-state index >= 15 is 0 Å². The molecule has 2 aromatic carbocycles. The first kappa shape index (κ1) is 24.7. The van der Waals surface area contributed by atoms with Gasteiger partial charge in [-0.25, -0.2) is 4.39 Å². The summed E-state index contributed by atoms with van der Waals surface area (Å²) in [6.45, 7) is 2.66. The van der Waals surface area contributed by atoms with Crippen LogP contribution in [-0.4, -0.2) is 63.2 Å². The molecule has 7 nitrogen and oxygen atoms in total. The molecule has 1 fully saturated rings. The summed E-state index contributed by atoms with van der Waals surface area (Å²) in [5, 5.41) is 0. The number of morpholine rings is 1. The van der Waals surface area contributed by atoms with Crippen LogP contribution in [0.5, 0.6) is 17.2 Å². The predicted molar refractivity (Wildman–Crippen MR) is 124 cm³/mol. The van der Waals surface area contributed by atoms with Crippen LogP contribution >= 0.6 is 15.9 Å². The fourth-order valence-electron chi connectivity index (χ4n) is 3.40. The molecule has 1 aliphatic rings. The number of amides is 1. The number of hydrogen-bond donors (Lipinski definition) is 0. The standard InChI is InChI=1S/C24H25BrFNO6/c1-15(28)18-6-8-21(30-2)24(31-3)23(18)33-14-17-13-27(10-11-32-17)22(29)9-5-16-4-7-20(26)19(25)12-16/h4-9,12,17H,10-11,13-14H2,1-3H3/b9-5+. The van der Waals surface area contributed by atoms with Gasteiger partial charge in [0, 0.05) is 12.6 Å². The van der Waals surface area contributed by atoms with E-state index in [-0.39, 0.29) is 29.9 Å². The Kier molecular flexibility index (Phi) is 8.46. The van der Waals surface area contributed by atoms with E-state index in [9.17, 15) is 14.0 Å². The largest absolute Gasteiger partial charge is 0.493 e. The maximum absolute atomic E-state index is 13.4. The molecular weight excluding hydrogens is 497 g/mol. The van der Waals surface area contributed by atoms with Crippen LogP contribution < -0.4 is 14.2 Å². The van der Waals surface area contributed by atoms with E-state index in [1.54, 1.807) is 35.2 Å². The molecular formula is C24H25BrFNO6. The van der Waals surface area contributed by atoms with Crippen molar-refractivity contribution in [2.45, 2.75) is 13.0 Å². The summed E-state index contributed by atoms with van der Waals surface area (Å²) in [5.41, 5.74) is 1.07. The van der Waals surface area contributed by atoms with E-state index < -0.39 is 6.10 Å². The quantitative estimate of drug-likeness (QED) is 0.384. The minimum atomic E-state index is -0.396. The molecule has 1 saturated heterocycles. The number of ether oxygens (including phenoxy) is 4. The third-order valence-corrected chi connectivity index (χ3v) is 5.71. The van der Waals surface area contributed by atoms with E-state index in [2.05, 4.69) is 15.9 Å². The molecule has 0 aliphatic carbocycles. The van der Waals surface area contributed by atoms with Gasteiger partial charge in [-0.3, -0.25) is 9.59 Å². The second-order valence-electron chi connectivity index (χ2n) is 7.33. The number of benzene rings is 2. The highest BCUT2D eigenvalue weighted by Crippen LogP contribution is 2.40. The van der Waals surface area contributed by atoms with Crippen LogP contribution in [0.4, 0.5) is 4.39 Å². The molecule has 0 spiro atoms. The molecule has 0 radical (unpaired) electrons. The average molecular weight is 522 g/mol. The van der Waals surface area contributed by atoms with Crippen LogP contribution in [0, 0.1) is 5.82 Å². The first-order valence-electron chi connectivity index (χ1n) is 10.3. The number of halogens is 2. The van der Waals surface area contributed by atoms with E-state index in [1.807, 2.05) is 0 Å². The molecule has 176 valence electrons. The van der Waals surface area contributed by atoms with Crippen molar-refractivity contribution in [2.24, 2.45) is 0 Å². The van der Waals surface area contributed by atoms with Crippen molar-refractivity contribution < 1.29 is 32.9 Å². The van der Waals surface area contributed by atoms with Crippen molar-refractivity contribution in [1.29, 1.82) is 0 Å². The number of rotatable bonds is 8. The molecule has 0 saturated carbocycles. The van der Waals surface area contributed by atoms with Gasteiger partial charge in [-0.1, -0.05) is 6.07 Å². The molecule has 33 heavy (non-hydrogen) atoms. The lowest BCUT2D eigenvalue weighted by molar-refractivity contribution is -0.134. The summed E-state index contributed by atoms with van der Waals surface area (Å²) in [7, 11) is 2.97. The van der Waals surface area contributed by atoms with Gasteiger partial charge in [0.1, 0.15) is 18.5 Å². The topological polar surface area (TPSA) is 74.3 Å². The fraction of sp³-hybridized carbons (Fsp3) is 0.333. The molecule has 0 bridgehead atoms. The van der Waals surface area contributed by atoms with Crippen molar-refractivity contribution in [2.75, 3.05) is 40.5 Å². The van der Waals surface area contributed by atoms with Gasteiger partial charge in [0.2, 0.25) is 11.7 Å². The highest BCUT2D eigenvalue weighted by molar-refractivity contribution is 9.10. The Bertz CT molecular complexity index is 1060. The lowest BCUT2D eigenvalue weighted by atomic mass is 10.1. The summed E-state index contributed by atoms with van der Waals surface area (Å²) >= 11 is 3.13. The molecule has 1 atom stereocenters. The molecule has 9 heteroatoms. The predicted octanol–water partition coefficient (Wildman–Crippen LogP) is 4.13. The fourth-order valence-corrected chi connectivity index (χ4v) is 3.80. The first-order chi connectivity index (χ1) is 15.8. The minimum absolute atomic E-state index is 0.113. The van der Waals surface area contributed by atoms with Gasteiger partial charge in [-0.2, -0.15) is 0 Å². The Morgan fingerprint density at radius 3 is 2.67 bits per heavy atom. The third-order valence-electron chi connectivity index (χ3n) is 5.11. The lowest BCUT2D eigenvalue weighted by Crippen LogP contribution is -2.47. The lowest BCUT2D eigenvalue weighted by Gasteiger charge is -2.32. The van der Waals surface area contributed by atoms with Gasteiger partial charge < -0.3 is 23.8 Å². The Morgan fingerprint density at radius 1 is 1.21 bits per heavy atom. The summed E-state index contributed by atoms with van der Waals surface area (Å²) in [5.74, 6) is 0.309. The highest BCUT2D eigenvalue weighted by Gasteiger charge is 2.26. The molecule has 1 heterocycles. The van der Waals surface area contributed by atoms with Gasteiger partial charge in [0.05, 0.1) is 37.4 Å². The van der Waals surface area contributed by atoms with Crippen molar-refractivity contribution in [3.8, 4) is 17.2 Å². The van der Waals surface area contributed by atoms with Crippen molar-refractivity contribution >= 4 is 33.7 Å². The van der Waals surface area contributed by atoms with E-state index in [0.717, 1.165) is 0 Å². The van der Waals surface area contributed by atoms with E-state index in [1.165, 1.54) is 33.3 Å². The smallest absolute Gasteiger partial charge is 0.246 e. The molecule has 1 unspecified atom stereocenters. The van der Waals surface area contributed by atoms with Crippen LogP contribution in [0.15, 0.2) is 40.9 Å². The number of methoxy groups -OCH3 is 2. The zero-order valence-corrected chi connectivity index (χ0v) is 20.2. The van der Waals surface area contributed by atoms with Gasteiger partial charge in [-0.15, -0.1) is 0 Å². The Labute approximate surface area is 200 Å². The van der Waals surface area contributed by atoms with Crippen molar-refractivity contribution in [3.63, 3.8) is 0 Å². The number of Topliss-reactive ketones (excluding diaryl/α,β-unsaturated/α-hetero) is 1. The number of hydrogen-bond acceptors (Lipinski definition) is 6. The second kappa shape index (κ2) is 11.3. The van der Waals surface area contributed by atoms with Crippen LogP contribution in [0.1, 0.15) is 22.8 Å². The van der Waals surface area contributed by atoms with Crippen molar-refractivity contribution in [3.05, 3.63) is 57.8 Å². The van der Waals surface area contributed by atoms with Gasteiger partial charge in [0.15, 0.2) is 17.3 Å². The maximum atomic E-state index is 13.4. The zero-order valence-electron chi connectivity index (χ0n) is 18.6. The second-order valence-corrected chi connectivity index (χ2v) is 8.18. The number of carbonyl (C=O) groups excluding carboxylic acids is 2. The summed E-state index contributed by atoms with van der Waals surface area (Å²) < 4.78 is 36.1. The maximum Gasteiger partial charge on any atom is 0.246 e. The molecule has 0 N–H and O–H groups in total. The summed E-state index contributed by atoms with van der Waals surface area (Å²) in [4.78, 5) is 26.4. The van der Waals surface area contributed by atoms with Gasteiger partial charge >= 0.3 is 0 Å². The summed E-state index contributed by atoms with van der Waals surface area (Å²) in [6, 6.07) is 7.79. The number of nitrogens with zero attached hydrogens (tertiary/aromatic N) is 1. The van der Waals surface area contributed by atoms with Gasteiger partial charge in [0.25, 0.3) is 0 Å². The van der Waals surface area contributed by atoms with Crippen LogP contribution in [0.3, 0.4) is 0 Å². The van der Waals surface area contributed by atoms with Crippen LogP contribution in [-0.2, 0) is 9.53 Å². The Balaban J connectivity index is 1.67. The Morgan fingerprint density at radius 2 is 2.00 bits per heavy atom. The Hall–Kier alpha value is -2.91. The van der Waals surface area contributed by atoms with Crippen molar-refractivity contribution in [1.82, 2.24) is 4.90 Å². The van der Waals surface area contributed by atoms with Crippen LogP contribution in [0.25, 0.3) is 6.08 Å². The SMILES string of the molecule is COc1ccc(C(C)=O)c(OCC2CN(C(=O)/C=C/c3ccc(F)c(Br)c3)CCO2)c1OC. The average Bonchev–Trinajstić information content (AvgIpc) is 2.82. The molecule has 1 aliphatic heterocycles. The van der Waals surface area contributed by atoms with Gasteiger partial charge in [-0.05, 0) is 58.8 Å². The highest BCUT2D eigenvalue weighted by atomic mass is 79.9. The number of ketones is 1. The minimum Gasteiger partial charge on any atom is -0.493 e. The zero-order chi connectivity index (χ0) is 24.0. The van der Waals surface area contributed by atoms with E-state index in [0.29, 0.717) is 46.8 Å². The first-order valence-corrected chi connectivity index (χ1v) is 11.1. The van der Waals surface area contributed by atoms with E-state index in [4.69, 9.17) is 18.9 Å².